The van der Waals surface area contributed by atoms with Crippen molar-refractivity contribution in [3.8, 4) is 11.5 Å². The summed E-state index contributed by atoms with van der Waals surface area (Å²) in [6, 6.07) is 12.5. The standard InChI is InChI=1S/C29H25BrFN3O6/c1-4-39-24-14-18(12-21-27(36)33-29(38)34(28(21)37)20-10-8-19(31)9-11-20)13-22(30)26(24)40-15-25(35)32-23-7-5-6-16(2)17(23)3/h5-14H,4,15H2,1-3H3,(H,32,35)(H,33,36,38)/b21-12+. The molecule has 0 radical (unpaired) electrons. The molecule has 40 heavy (non-hydrogen) atoms. The van der Waals surface area contributed by atoms with Crippen LogP contribution >= 0.6 is 15.9 Å². The molecule has 0 spiro atoms. The first-order valence-electron chi connectivity index (χ1n) is 12.2. The normalized spacial score (nSPS) is 14.3. The summed E-state index contributed by atoms with van der Waals surface area (Å²) in [5, 5.41) is 4.95. The van der Waals surface area contributed by atoms with E-state index >= 15 is 0 Å². The maximum absolute atomic E-state index is 13.4. The molecule has 206 valence electrons. The zero-order valence-electron chi connectivity index (χ0n) is 21.8. The topological polar surface area (TPSA) is 114 Å². The van der Waals surface area contributed by atoms with E-state index in [1.165, 1.54) is 18.2 Å². The fourth-order valence-electron chi connectivity index (χ4n) is 3.93. The number of imide groups is 2. The number of anilines is 2. The SMILES string of the molecule is CCOc1cc(/C=C2\C(=O)NC(=O)N(c3ccc(F)cc3)C2=O)cc(Br)c1OCC(=O)Nc1cccc(C)c1C. The van der Waals surface area contributed by atoms with Crippen molar-refractivity contribution in [2.75, 3.05) is 23.4 Å². The van der Waals surface area contributed by atoms with E-state index in [4.69, 9.17) is 9.47 Å². The first kappa shape index (κ1) is 28.5. The molecule has 5 amide bonds. The number of carbonyl (C=O) groups is 4. The summed E-state index contributed by atoms with van der Waals surface area (Å²) in [6.45, 7) is 5.59. The fourth-order valence-corrected chi connectivity index (χ4v) is 4.51. The average Bonchev–Trinajstić information content (AvgIpc) is 2.90. The second-order valence-corrected chi connectivity index (χ2v) is 9.64. The Morgan fingerprint density at radius 2 is 1.80 bits per heavy atom. The highest BCUT2D eigenvalue weighted by Gasteiger charge is 2.37. The summed E-state index contributed by atoms with van der Waals surface area (Å²) in [5.74, 6) is -2.16. The Kier molecular flexibility index (Phi) is 8.64. The minimum Gasteiger partial charge on any atom is -0.490 e. The second-order valence-electron chi connectivity index (χ2n) is 8.78. The van der Waals surface area contributed by atoms with Crippen molar-refractivity contribution in [1.29, 1.82) is 0 Å². The lowest BCUT2D eigenvalue weighted by atomic mass is 10.1. The molecule has 0 saturated carbocycles. The van der Waals surface area contributed by atoms with Gasteiger partial charge >= 0.3 is 6.03 Å². The number of nitrogens with zero attached hydrogens (tertiary/aromatic N) is 1. The average molecular weight is 610 g/mol. The monoisotopic (exact) mass is 609 g/mol. The van der Waals surface area contributed by atoms with Crippen LogP contribution in [-0.2, 0) is 14.4 Å². The Balaban J connectivity index is 1.58. The molecule has 0 aromatic heterocycles. The molecule has 0 aliphatic carbocycles. The van der Waals surface area contributed by atoms with Crippen LogP contribution in [0.2, 0.25) is 0 Å². The summed E-state index contributed by atoms with van der Waals surface area (Å²) in [6.07, 6.45) is 1.30. The highest BCUT2D eigenvalue weighted by Crippen LogP contribution is 2.38. The van der Waals surface area contributed by atoms with E-state index in [1.54, 1.807) is 25.1 Å². The van der Waals surface area contributed by atoms with E-state index in [9.17, 15) is 23.6 Å². The van der Waals surface area contributed by atoms with Gasteiger partial charge in [-0.15, -0.1) is 0 Å². The van der Waals surface area contributed by atoms with Crippen LogP contribution in [0.15, 0.2) is 64.6 Å². The molecule has 3 aromatic rings. The number of benzene rings is 3. The quantitative estimate of drug-likeness (QED) is 0.265. The van der Waals surface area contributed by atoms with Crippen LogP contribution in [0.3, 0.4) is 0 Å². The molecule has 1 aliphatic rings. The van der Waals surface area contributed by atoms with Crippen molar-refractivity contribution >= 4 is 57.1 Å². The number of barbiturate groups is 1. The number of halogens is 2. The number of amides is 5. The molecule has 4 rings (SSSR count). The van der Waals surface area contributed by atoms with Gasteiger partial charge in [-0.2, -0.15) is 0 Å². The first-order chi connectivity index (χ1) is 19.1. The smallest absolute Gasteiger partial charge is 0.335 e. The maximum atomic E-state index is 13.4. The van der Waals surface area contributed by atoms with Gasteiger partial charge in [-0.1, -0.05) is 12.1 Å². The number of nitrogens with one attached hydrogen (secondary N) is 2. The van der Waals surface area contributed by atoms with Crippen LogP contribution in [0.5, 0.6) is 11.5 Å². The van der Waals surface area contributed by atoms with Crippen molar-refractivity contribution in [2.45, 2.75) is 20.8 Å². The van der Waals surface area contributed by atoms with E-state index < -0.39 is 23.7 Å². The number of rotatable bonds is 8. The molecule has 11 heteroatoms. The van der Waals surface area contributed by atoms with Crippen LogP contribution in [0.1, 0.15) is 23.6 Å². The largest absolute Gasteiger partial charge is 0.490 e. The molecule has 2 N–H and O–H groups in total. The second kappa shape index (κ2) is 12.1. The van der Waals surface area contributed by atoms with Crippen molar-refractivity contribution in [3.05, 3.63) is 87.2 Å². The molecule has 0 atom stereocenters. The third kappa shape index (κ3) is 6.20. The van der Waals surface area contributed by atoms with Crippen molar-refractivity contribution in [1.82, 2.24) is 5.32 Å². The molecule has 0 unspecified atom stereocenters. The van der Waals surface area contributed by atoms with Gasteiger partial charge in [0, 0.05) is 5.69 Å². The lowest BCUT2D eigenvalue weighted by Gasteiger charge is -2.26. The Bertz CT molecular complexity index is 1540. The van der Waals surface area contributed by atoms with Crippen molar-refractivity contribution in [3.63, 3.8) is 0 Å². The van der Waals surface area contributed by atoms with E-state index in [1.807, 2.05) is 26.0 Å². The summed E-state index contributed by atoms with van der Waals surface area (Å²) in [7, 11) is 0. The Morgan fingerprint density at radius 3 is 2.50 bits per heavy atom. The predicted octanol–water partition coefficient (Wildman–Crippen LogP) is 5.29. The van der Waals surface area contributed by atoms with Gasteiger partial charge in [0.25, 0.3) is 17.7 Å². The highest BCUT2D eigenvalue weighted by molar-refractivity contribution is 9.10. The van der Waals surface area contributed by atoms with Crippen LogP contribution in [0, 0.1) is 19.7 Å². The van der Waals surface area contributed by atoms with Crippen LogP contribution in [0.25, 0.3) is 6.08 Å². The summed E-state index contributed by atoms with van der Waals surface area (Å²) >= 11 is 3.41. The molecular formula is C29H25BrFN3O6. The third-order valence-electron chi connectivity index (χ3n) is 6.06. The minimum atomic E-state index is -0.946. The Hall–Kier alpha value is -4.51. The third-order valence-corrected chi connectivity index (χ3v) is 6.64. The number of ether oxygens (including phenoxy) is 2. The Morgan fingerprint density at radius 1 is 1.07 bits per heavy atom. The van der Waals surface area contributed by atoms with Gasteiger partial charge < -0.3 is 14.8 Å². The molecule has 0 bridgehead atoms. The summed E-state index contributed by atoms with van der Waals surface area (Å²) < 4.78 is 25.2. The molecule has 3 aromatic carbocycles. The van der Waals surface area contributed by atoms with Gasteiger partial charge in [-0.05, 0) is 102 Å². The molecular weight excluding hydrogens is 585 g/mol. The Labute approximate surface area is 238 Å². The maximum Gasteiger partial charge on any atom is 0.335 e. The highest BCUT2D eigenvalue weighted by atomic mass is 79.9. The number of hydrogen-bond donors (Lipinski definition) is 2. The van der Waals surface area contributed by atoms with Gasteiger partial charge in [0.15, 0.2) is 18.1 Å². The predicted molar refractivity (Wildman–Crippen MR) is 151 cm³/mol. The summed E-state index contributed by atoms with van der Waals surface area (Å²) in [5.41, 5.74) is 2.84. The zero-order valence-corrected chi connectivity index (χ0v) is 23.4. The number of carbonyl (C=O) groups excluding carboxylic acids is 4. The van der Waals surface area contributed by atoms with Crippen molar-refractivity contribution < 1.29 is 33.0 Å². The fraction of sp³-hybridized carbons (Fsp3) is 0.172. The summed E-state index contributed by atoms with van der Waals surface area (Å²) in [4.78, 5) is 51.4. The van der Waals surface area contributed by atoms with Gasteiger partial charge in [-0.25, -0.2) is 14.1 Å². The van der Waals surface area contributed by atoms with Gasteiger partial charge in [0.2, 0.25) is 0 Å². The van der Waals surface area contributed by atoms with E-state index in [0.717, 1.165) is 28.2 Å². The van der Waals surface area contributed by atoms with E-state index in [-0.39, 0.29) is 41.9 Å². The molecule has 9 nitrogen and oxygen atoms in total. The number of aryl methyl sites for hydroxylation is 1. The number of urea groups is 1. The molecule has 1 heterocycles. The first-order valence-corrected chi connectivity index (χ1v) is 13.0. The minimum absolute atomic E-state index is 0.0985. The van der Waals surface area contributed by atoms with Crippen LogP contribution in [0.4, 0.5) is 20.6 Å². The van der Waals surface area contributed by atoms with Gasteiger partial charge in [-0.3, -0.25) is 19.7 Å². The molecule has 1 aliphatic heterocycles. The van der Waals surface area contributed by atoms with Crippen molar-refractivity contribution in [2.24, 2.45) is 0 Å². The lowest BCUT2D eigenvalue weighted by molar-refractivity contribution is -0.122. The van der Waals surface area contributed by atoms with Gasteiger partial charge in [0.05, 0.1) is 16.8 Å². The van der Waals surface area contributed by atoms with Gasteiger partial charge in [0.1, 0.15) is 11.4 Å². The zero-order chi connectivity index (χ0) is 29.0. The molecule has 1 fully saturated rings. The van der Waals surface area contributed by atoms with Crippen LogP contribution in [-0.4, -0.2) is 37.0 Å². The van der Waals surface area contributed by atoms with Crippen LogP contribution < -0.4 is 25.0 Å². The van der Waals surface area contributed by atoms with E-state index in [0.29, 0.717) is 15.7 Å². The lowest BCUT2D eigenvalue weighted by Crippen LogP contribution is -2.54. The van der Waals surface area contributed by atoms with E-state index in [2.05, 4.69) is 26.6 Å². The molecule has 1 saturated heterocycles. The number of hydrogen-bond acceptors (Lipinski definition) is 6.